The lowest BCUT2D eigenvalue weighted by Crippen LogP contribution is -2.48. The average molecular weight is 505 g/mol. The minimum atomic E-state index is -0.816. The maximum absolute atomic E-state index is 14.1. The fourth-order valence-corrected chi connectivity index (χ4v) is 6.29. The molecule has 3 aliphatic rings. The van der Waals surface area contributed by atoms with Crippen LogP contribution in [0.1, 0.15) is 15.9 Å². The highest BCUT2D eigenvalue weighted by molar-refractivity contribution is 6.30. The number of imide groups is 1. The molecule has 0 unspecified atom stereocenters. The van der Waals surface area contributed by atoms with Gasteiger partial charge in [-0.2, -0.15) is 0 Å². The van der Waals surface area contributed by atoms with Crippen LogP contribution in [0.3, 0.4) is 0 Å². The second kappa shape index (κ2) is 8.15. The van der Waals surface area contributed by atoms with Crippen molar-refractivity contribution in [2.75, 3.05) is 9.80 Å². The highest BCUT2D eigenvalue weighted by Gasteiger charge is 2.64. The molecular formula is C31H21ClN2O3. The van der Waals surface area contributed by atoms with Crippen LogP contribution in [0.4, 0.5) is 11.4 Å². The van der Waals surface area contributed by atoms with E-state index in [2.05, 4.69) is 0 Å². The fraction of sp³-hybridized carbons (Fsp3) is 0.129. The summed E-state index contributed by atoms with van der Waals surface area (Å²) in [4.78, 5) is 45.3. The maximum Gasteiger partial charge on any atom is 0.240 e. The standard InChI is InChI=1S/C31H21ClN2O3/c32-22-13-9-20(10-14-22)29(35)28-27-26(25-16-12-19-6-3-4-8-24(19)34(25)28)30(36)33(31(27)37)23-15-11-18-5-1-2-7-21(18)17-23/h1-17,25-28H/t25-,26-,27-,28+/m0/s1. The Labute approximate surface area is 218 Å². The lowest BCUT2D eigenvalue weighted by Gasteiger charge is -2.36. The molecule has 4 aromatic rings. The summed E-state index contributed by atoms with van der Waals surface area (Å²) in [5, 5.41) is 2.50. The minimum absolute atomic E-state index is 0.194. The number of ketones is 1. The molecule has 4 atom stereocenters. The lowest BCUT2D eigenvalue weighted by molar-refractivity contribution is -0.122. The van der Waals surface area contributed by atoms with Crippen LogP contribution in [0.2, 0.25) is 5.02 Å². The lowest BCUT2D eigenvalue weighted by atomic mass is 9.86. The van der Waals surface area contributed by atoms with Gasteiger partial charge >= 0.3 is 0 Å². The Kier molecular flexibility index (Phi) is 4.85. The molecule has 5 nitrogen and oxygen atoms in total. The topological polar surface area (TPSA) is 57.7 Å². The number of anilines is 2. The van der Waals surface area contributed by atoms with Gasteiger partial charge < -0.3 is 4.90 Å². The summed E-state index contributed by atoms with van der Waals surface area (Å²) < 4.78 is 0. The van der Waals surface area contributed by atoms with Gasteiger partial charge in [-0.05, 0) is 58.8 Å². The summed E-state index contributed by atoms with van der Waals surface area (Å²) in [6.07, 6.45) is 3.95. The molecule has 2 saturated heterocycles. The van der Waals surface area contributed by atoms with Crippen molar-refractivity contribution in [3.05, 3.63) is 113 Å². The second-order valence-electron chi connectivity index (χ2n) is 9.73. The number of fused-ring (bicyclic) bond motifs is 6. The van der Waals surface area contributed by atoms with Gasteiger partial charge in [-0.25, -0.2) is 4.90 Å². The number of amides is 2. The van der Waals surface area contributed by atoms with Gasteiger partial charge in [0.25, 0.3) is 0 Å². The molecule has 0 saturated carbocycles. The zero-order valence-electron chi connectivity index (χ0n) is 19.6. The average Bonchev–Trinajstić information content (AvgIpc) is 3.41. The van der Waals surface area contributed by atoms with Crippen LogP contribution in [-0.4, -0.2) is 29.7 Å². The number of rotatable bonds is 3. The van der Waals surface area contributed by atoms with Crippen molar-refractivity contribution in [1.82, 2.24) is 0 Å². The van der Waals surface area contributed by atoms with Gasteiger partial charge in [0.1, 0.15) is 6.04 Å². The molecule has 0 radical (unpaired) electrons. The van der Waals surface area contributed by atoms with Gasteiger partial charge in [0.05, 0.1) is 23.6 Å². The summed E-state index contributed by atoms with van der Waals surface area (Å²) in [6.45, 7) is 0. The van der Waals surface area contributed by atoms with E-state index in [9.17, 15) is 14.4 Å². The van der Waals surface area contributed by atoms with E-state index < -0.39 is 23.9 Å². The van der Waals surface area contributed by atoms with E-state index in [1.807, 2.05) is 77.7 Å². The Balaban J connectivity index is 1.36. The molecule has 2 fully saturated rings. The van der Waals surface area contributed by atoms with E-state index in [1.165, 1.54) is 4.90 Å². The molecule has 0 aliphatic carbocycles. The van der Waals surface area contributed by atoms with Crippen LogP contribution in [-0.2, 0) is 9.59 Å². The van der Waals surface area contributed by atoms with Gasteiger partial charge in [-0.1, -0.05) is 72.3 Å². The van der Waals surface area contributed by atoms with Crippen molar-refractivity contribution in [3.8, 4) is 0 Å². The zero-order valence-corrected chi connectivity index (χ0v) is 20.4. The first-order valence-electron chi connectivity index (χ1n) is 12.2. The van der Waals surface area contributed by atoms with Crippen LogP contribution >= 0.6 is 11.6 Å². The summed E-state index contributed by atoms with van der Waals surface area (Å²) in [6, 6.07) is 26.7. The first-order chi connectivity index (χ1) is 18.0. The van der Waals surface area contributed by atoms with Gasteiger partial charge in [0.15, 0.2) is 5.78 Å². The van der Waals surface area contributed by atoms with E-state index in [-0.39, 0.29) is 17.6 Å². The number of benzene rings is 4. The predicted molar refractivity (Wildman–Crippen MR) is 145 cm³/mol. The van der Waals surface area contributed by atoms with Crippen LogP contribution < -0.4 is 9.80 Å². The van der Waals surface area contributed by atoms with Gasteiger partial charge in [0.2, 0.25) is 11.8 Å². The van der Waals surface area contributed by atoms with Crippen molar-refractivity contribution >= 4 is 57.4 Å². The minimum Gasteiger partial charge on any atom is -0.352 e. The molecule has 0 aromatic heterocycles. The zero-order chi connectivity index (χ0) is 25.3. The Morgan fingerprint density at radius 3 is 2.27 bits per heavy atom. The third-order valence-electron chi connectivity index (χ3n) is 7.80. The Morgan fingerprint density at radius 1 is 0.757 bits per heavy atom. The SMILES string of the molecule is O=C(c1ccc(Cl)cc1)[C@H]1[C@H]2C(=O)N(c3ccc4ccccc4c3)C(=O)[C@H]2[C@@H]2C=Cc3ccccc3N21. The molecule has 3 heterocycles. The van der Waals surface area contributed by atoms with E-state index in [4.69, 9.17) is 11.6 Å². The van der Waals surface area contributed by atoms with Crippen molar-refractivity contribution in [2.45, 2.75) is 12.1 Å². The Bertz CT molecular complexity index is 1640. The van der Waals surface area contributed by atoms with Crippen LogP contribution in [0.15, 0.2) is 97.1 Å². The third kappa shape index (κ3) is 3.20. The molecule has 7 rings (SSSR count). The second-order valence-corrected chi connectivity index (χ2v) is 10.2. The molecule has 3 aliphatic heterocycles. The number of para-hydroxylation sites is 1. The summed E-state index contributed by atoms with van der Waals surface area (Å²) in [5.41, 5.74) is 2.81. The van der Waals surface area contributed by atoms with Crippen molar-refractivity contribution in [1.29, 1.82) is 0 Å². The molecule has 2 amide bonds. The molecule has 6 heteroatoms. The molecule has 0 N–H and O–H groups in total. The number of carbonyl (C=O) groups is 3. The normalized spacial score (nSPS) is 23.8. The van der Waals surface area contributed by atoms with Crippen molar-refractivity contribution < 1.29 is 14.4 Å². The molecular weight excluding hydrogens is 484 g/mol. The highest BCUT2D eigenvalue weighted by atomic mass is 35.5. The smallest absolute Gasteiger partial charge is 0.240 e. The van der Waals surface area contributed by atoms with Gasteiger partial charge in [-0.15, -0.1) is 0 Å². The number of carbonyl (C=O) groups excluding carboxylic acids is 3. The molecule has 0 spiro atoms. The fourth-order valence-electron chi connectivity index (χ4n) is 6.17. The molecule has 180 valence electrons. The molecule has 37 heavy (non-hydrogen) atoms. The van der Waals surface area contributed by atoms with Gasteiger partial charge in [0, 0.05) is 16.3 Å². The molecule has 0 bridgehead atoms. The first-order valence-corrected chi connectivity index (χ1v) is 12.6. The van der Waals surface area contributed by atoms with E-state index in [1.54, 1.807) is 30.3 Å². The van der Waals surface area contributed by atoms with Crippen LogP contribution in [0, 0.1) is 11.8 Å². The summed E-state index contributed by atoms with van der Waals surface area (Å²) >= 11 is 6.08. The van der Waals surface area contributed by atoms with Crippen molar-refractivity contribution in [3.63, 3.8) is 0 Å². The van der Waals surface area contributed by atoms with Crippen LogP contribution in [0.5, 0.6) is 0 Å². The maximum atomic E-state index is 14.1. The summed E-state index contributed by atoms with van der Waals surface area (Å²) in [5.74, 6) is -2.26. The number of halogens is 1. The van der Waals surface area contributed by atoms with E-state index >= 15 is 0 Å². The van der Waals surface area contributed by atoms with Gasteiger partial charge in [-0.3, -0.25) is 14.4 Å². The largest absolute Gasteiger partial charge is 0.352 e. The molecule has 4 aromatic carbocycles. The number of hydrogen-bond donors (Lipinski definition) is 0. The Hall–Kier alpha value is -4.22. The predicted octanol–water partition coefficient (Wildman–Crippen LogP) is 5.77. The number of nitrogens with zero attached hydrogens (tertiary/aromatic N) is 2. The monoisotopic (exact) mass is 504 g/mol. The Morgan fingerprint density at radius 2 is 1.46 bits per heavy atom. The van der Waals surface area contributed by atoms with Crippen molar-refractivity contribution in [2.24, 2.45) is 11.8 Å². The third-order valence-corrected chi connectivity index (χ3v) is 8.06. The first kappa shape index (κ1) is 22.0. The quantitative estimate of drug-likeness (QED) is 0.263. The summed E-state index contributed by atoms with van der Waals surface area (Å²) in [7, 11) is 0. The van der Waals surface area contributed by atoms with Crippen LogP contribution in [0.25, 0.3) is 16.8 Å². The number of Topliss-reactive ketones (excluding diaryl/α,β-unsaturated/α-hetero) is 1. The highest BCUT2D eigenvalue weighted by Crippen LogP contribution is 2.50. The van der Waals surface area contributed by atoms with E-state index in [0.717, 1.165) is 22.0 Å². The number of hydrogen-bond acceptors (Lipinski definition) is 4. The van der Waals surface area contributed by atoms with E-state index in [0.29, 0.717) is 16.3 Å².